The van der Waals surface area contributed by atoms with Crippen molar-refractivity contribution in [3.8, 4) is 5.75 Å². The molecule has 0 aromatic heterocycles. The van der Waals surface area contributed by atoms with Crippen LogP contribution in [-0.2, 0) is 31.0 Å². The molecule has 10 nitrogen and oxygen atoms in total. The standard InChI is InChI=1S/C29H35N3O7S/c1-5-22-17-29(22,30-25(33)21-14-15-32(18-21)27(35)39-28(2,3)4)26(34)31-40(36,37)24-13-9-12-23(16-24)38-19-20-10-7-6-8-11-20/h5-13,16,21-22H,1,14-15,17-19H2,2-4H3,(H,30,33)(H,31,34)/t21-,22+,29+/m0/s1. The molecular formula is C29H35N3O7S. The molecule has 1 aliphatic carbocycles. The van der Waals surface area contributed by atoms with E-state index >= 15 is 0 Å². The number of amides is 3. The molecule has 1 heterocycles. The van der Waals surface area contributed by atoms with E-state index in [9.17, 15) is 22.8 Å². The van der Waals surface area contributed by atoms with Crippen LogP contribution in [-0.4, -0.2) is 55.5 Å². The number of hydrogen-bond donors (Lipinski definition) is 2. The molecule has 0 bridgehead atoms. The van der Waals surface area contributed by atoms with Crippen LogP contribution < -0.4 is 14.8 Å². The van der Waals surface area contributed by atoms with Crippen molar-refractivity contribution in [3.05, 3.63) is 72.8 Å². The second-order valence-corrected chi connectivity index (χ2v) is 12.8. The molecule has 0 unspecified atom stereocenters. The molecule has 2 aromatic rings. The predicted octanol–water partition coefficient (Wildman–Crippen LogP) is 3.39. The maximum absolute atomic E-state index is 13.3. The van der Waals surface area contributed by atoms with E-state index in [0.29, 0.717) is 18.7 Å². The van der Waals surface area contributed by atoms with E-state index in [-0.39, 0.29) is 24.5 Å². The van der Waals surface area contributed by atoms with Crippen molar-refractivity contribution in [2.75, 3.05) is 13.1 Å². The molecule has 2 aromatic carbocycles. The quantitative estimate of drug-likeness (QED) is 0.443. The minimum absolute atomic E-state index is 0.144. The summed E-state index contributed by atoms with van der Waals surface area (Å²) in [7, 11) is -4.27. The number of nitrogens with one attached hydrogen (secondary N) is 2. The van der Waals surface area contributed by atoms with Crippen LogP contribution in [0.25, 0.3) is 0 Å². The van der Waals surface area contributed by atoms with Gasteiger partial charge in [0, 0.05) is 25.1 Å². The largest absolute Gasteiger partial charge is 0.489 e. The van der Waals surface area contributed by atoms with Crippen LogP contribution in [0.4, 0.5) is 4.79 Å². The SMILES string of the molecule is C=C[C@@H]1C[C@]1(NC(=O)[C@H]1CCN(C(=O)OC(C)(C)C)C1)C(=O)NS(=O)(=O)c1cccc(OCc2ccccc2)c1. The average Bonchev–Trinajstić information content (AvgIpc) is 3.38. The van der Waals surface area contributed by atoms with Crippen LogP contribution in [0.2, 0.25) is 0 Å². The van der Waals surface area contributed by atoms with Crippen LogP contribution in [0.5, 0.6) is 5.75 Å². The van der Waals surface area contributed by atoms with Crippen LogP contribution in [0.1, 0.15) is 39.2 Å². The van der Waals surface area contributed by atoms with E-state index in [1.807, 2.05) is 30.3 Å². The van der Waals surface area contributed by atoms with Gasteiger partial charge >= 0.3 is 6.09 Å². The van der Waals surface area contributed by atoms with Gasteiger partial charge in [-0.1, -0.05) is 42.5 Å². The number of likely N-dealkylation sites (tertiary alicyclic amines) is 1. The Bertz CT molecular complexity index is 1390. The third-order valence-electron chi connectivity index (χ3n) is 6.85. The van der Waals surface area contributed by atoms with Gasteiger partial charge in [-0.3, -0.25) is 9.59 Å². The number of rotatable bonds is 9. The van der Waals surface area contributed by atoms with Crippen LogP contribution >= 0.6 is 0 Å². The molecule has 1 aliphatic heterocycles. The molecule has 214 valence electrons. The van der Waals surface area contributed by atoms with Gasteiger partial charge < -0.3 is 19.7 Å². The molecule has 40 heavy (non-hydrogen) atoms. The van der Waals surface area contributed by atoms with E-state index in [1.165, 1.54) is 29.2 Å². The van der Waals surface area contributed by atoms with Gasteiger partial charge in [-0.05, 0) is 51.3 Å². The fraction of sp³-hybridized carbons (Fsp3) is 0.414. The Balaban J connectivity index is 1.40. The van der Waals surface area contributed by atoms with Gasteiger partial charge in [0.1, 0.15) is 23.5 Å². The van der Waals surface area contributed by atoms with E-state index in [4.69, 9.17) is 9.47 Å². The first-order valence-electron chi connectivity index (χ1n) is 13.1. The van der Waals surface area contributed by atoms with Crippen molar-refractivity contribution in [2.45, 2.75) is 56.3 Å². The third kappa shape index (κ3) is 6.82. The van der Waals surface area contributed by atoms with Crippen molar-refractivity contribution < 1.29 is 32.3 Å². The van der Waals surface area contributed by atoms with E-state index in [1.54, 1.807) is 26.8 Å². The molecule has 4 rings (SSSR count). The van der Waals surface area contributed by atoms with Crippen molar-refractivity contribution in [2.24, 2.45) is 11.8 Å². The Labute approximate surface area is 234 Å². The molecule has 3 atom stereocenters. The lowest BCUT2D eigenvalue weighted by Gasteiger charge is -2.24. The first-order chi connectivity index (χ1) is 18.8. The molecule has 2 aliphatic rings. The number of carbonyl (C=O) groups is 3. The summed E-state index contributed by atoms with van der Waals surface area (Å²) < 4.78 is 39.5. The van der Waals surface area contributed by atoms with Gasteiger partial charge in [-0.25, -0.2) is 17.9 Å². The van der Waals surface area contributed by atoms with Crippen LogP contribution in [0, 0.1) is 11.8 Å². The molecule has 2 fully saturated rings. The zero-order chi connectivity index (χ0) is 29.1. The normalized spacial score (nSPS) is 22.2. The number of hydrogen-bond acceptors (Lipinski definition) is 7. The molecule has 0 spiro atoms. The summed E-state index contributed by atoms with van der Waals surface area (Å²) in [5.41, 5.74) is -1.18. The summed E-state index contributed by atoms with van der Waals surface area (Å²) in [4.78, 5) is 40.1. The topological polar surface area (TPSA) is 131 Å². The maximum atomic E-state index is 13.3. The second kappa shape index (κ2) is 11.3. The molecule has 1 saturated heterocycles. The third-order valence-corrected chi connectivity index (χ3v) is 8.18. The van der Waals surface area contributed by atoms with Crippen LogP contribution in [0.15, 0.2) is 72.1 Å². The first kappa shape index (κ1) is 29.1. The Hall–Kier alpha value is -3.86. The lowest BCUT2D eigenvalue weighted by molar-refractivity contribution is -0.131. The summed E-state index contributed by atoms with van der Waals surface area (Å²) in [6.07, 6.45) is 1.63. The Morgan fingerprint density at radius 1 is 1.12 bits per heavy atom. The van der Waals surface area contributed by atoms with Crippen molar-refractivity contribution in [1.29, 1.82) is 0 Å². The van der Waals surface area contributed by atoms with Gasteiger partial charge in [-0.2, -0.15) is 0 Å². The minimum Gasteiger partial charge on any atom is -0.489 e. The van der Waals surface area contributed by atoms with Gasteiger partial charge in [0.15, 0.2) is 0 Å². The molecule has 1 saturated carbocycles. The Kier molecular flexibility index (Phi) is 8.25. The molecule has 0 radical (unpaired) electrons. The zero-order valence-electron chi connectivity index (χ0n) is 22.9. The predicted molar refractivity (Wildman–Crippen MR) is 148 cm³/mol. The summed E-state index contributed by atoms with van der Waals surface area (Å²) in [6.45, 7) is 9.74. The smallest absolute Gasteiger partial charge is 0.410 e. The lowest BCUT2D eigenvalue weighted by atomic mass is 10.1. The van der Waals surface area contributed by atoms with Gasteiger partial charge in [0.2, 0.25) is 5.91 Å². The van der Waals surface area contributed by atoms with E-state index in [2.05, 4.69) is 16.6 Å². The lowest BCUT2D eigenvalue weighted by Crippen LogP contribution is -2.53. The summed E-state index contributed by atoms with van der Waals surface area (Å²) in [6, 6.07) is 15.3. The molecule has 3 amide bonds. The number of nitrogens with zero attached hydrogens (tertiary/aromatic N) is 1. The monoisotopic (exact) mass is 569 g/mol. The zero-order valence-corrected chi connectivity index (χ0v) is 23.7. The number of benzene rings is 2. The minimum atomic E-state index is -4.27. The van der Waals surface area contributed by atoms with Crippen molar-refractivity contribution in [3.63, 3.8) is 0 Å². The fourth-order valence-electron chi connectivity index (χ4n) is 4.57. The summed E-state index contributed by atoms with van der Waals surface area (Å²) in [5, 5.41) is 2.75. The number of sulfonamides is 1. The van der Waals surface area contributed by atoms with Gasteiger partial charge in [0.05, 0.1) is 10.8 Å². The Morgan fingerprint density at radius 3 is 2.50 bits per heavy atom. The maximum Gasteiger partial charge on any atom is 0.410 e. The highest BCUT2D eigenvalue weighted by Gasteiger charge is 2.61. The van der Waals surface area contributed by atoms with Gasteiger partial charge in [0.25, 0.3) is 15.9 Å². The summed E-state index contributed by atoms with van der Waals surface area (Å²) >= 11 is 0. The average molecular weight is 570 g/mol. The Morgan fingerprint density at radius 2 is 1.85 bits per heavy atom. The molecule has 2 N–H and O–H groups in total. The molecular weight excluding hydrogens is 534 g/mol. The van der Waals surface area contributed by atoms with Gasteiger partial charge in [-0.15, -0.1) is 6.58 Å². The van der Waals surface area contributed by atoms with Crippen molar-refractivity contribution in [1.82, 2.24) is 14.9 Å². The fourth-order valence-corrected chi connectivity index (χ4v) is 5.64. The highest BCUT2D eigenvalue weighted by molar-refractivity contribution is 7.90. The highest BCUT2D eigenvalue weighted by Crippen LogP contribution is 2.45. The molecule has 11 heteroatoms. The van der Waals surface area contributed by atoms with Crippen molar-refractivity contribution >= 4 is 27.9 Å². The van der Waals surface area contributed by atoms with E-state index < -0.39 is 50.9 Å². The van der Waals surface area contributed by atoms with Crippen LogP contribution in [0.3, 0.4) is 0 Å². The van der Waals surface area contributed by atoms with E-state index in [0.717, 1.165) is 5.56 Å². The summed E-state index contributed by atoms with van der Waals surface area (Å²) in [5.74, 6) is -1.94. The highest BCUT2D eigenvalue weighted by atomic mass is 32.2. The first-order valence-corrected chi connectivity index (χ1v) is 14.6. The number of carbonyl (C=O) groups excluding carboxylic acids is 3. The second-order valence-electron chi connectivity index (χ2n) is 11.1. The number of ether oxygens (including phenoxy) is 2.